The topological polar surface area (TPSA) is 103 Å². The Balaban J connectivity index is 1.58. The molecule has 28 heavy (non-hydrogen) atoms. The van der Waals surface area contributed by atoms with Crippen LogP contribution in [0.4, 0.5) is 0 Å². The molecule has 2 aliphatic rings. The summed E-state index contributed by atoms with van der Waals surface area (Å²) in [5, 5.41) is 4.45. The zero-order chi connectivity index (χ0) is 20.4. The maximum absolute atomic E-state index is 12.5. The second-order valence-electron chi connectivity index (χ2n) is 8.84. The number of nitrogens with one attached hydrogen (secondary N) is 1. The summed E-state index contributed by atoms with van der Waals surface area (Å²) in [4.78, 5) is 41.1. The van der Waals surface area contributed by atoms with Gasteiger partial charge in [-0.1, -0.05) is 20.8 Å². The minimum Gasteiger partial charge on any atom is -0.315 e. The van der Waals surface area contributed by atoms with E-state index >= 15 is 0 Å². The first-order valence-corrected chi connectivity index (χ1v) is 9.54. The van der Waals surface area contributed by atoms with Crippen LogP contribution in [-0.4, -0.2) is 30.3 Å². The first-order valence-electron chi connectivity index (χ1n) is 9.54. The van der Waals surface area contributed by atoms with Gasteiger partial charge in [-0.05, 0) is 30.6 Å². The molecule has 1 amide bonds. The SMILES string of the molecule is Cn1c(=O)c2c(ncn2CC(=O)NN=C2CC3CCC2(C)C3(C)C)n(C)c1=O. The summed E-state index contributed by atoms with van der Waals surface area (Å²) in [6.45, 7) is 6.71. The summed E-state index contributed by atoms with van der Waals surface area (Å²) < 4.78 is 3.76. The summed E-state index contributed by atoms with van der Waals surface area (Å²) in [5.74, 6) is 0.280. The molecule has 1 N–H and O–H groups in total. The highest BCUT2D eigenvalue weighted by atomic mass is 16.2. The molecule has 2 aromatic rings. The van der Waals surface area contributed by atoms with Crippen molar-refractivity contribution in [1.29, 1.82) is 0 Å². The highest BCUT2D eigenvalue weighted by molar-refractivity contribution is 5.95. The van der Waals surface area contributed by atoms with Crippen molar-refractivity contribution >= 4 is 22.8 Å². The number of rotatable bonds is 3. The number of hydrogen-bond donors (Lipinski definition) is 1. The Bertz CT molecular complexity index is 1130. The number of carbonyl (C=O) groups is 1. The van der Waals surface area contributed by atoms with E-state index < -0.39 is 11.2 Å². The van der Waals surface area contributed by atoms with Gasteiger partial charge in [-0.25, -0.2) is 15.2 Å². The van der Waals surface area contributed by atoms with E-state index in [0.717, 1.165) is 23.1 Å². The van der Waals surface area contributed by atoms with Crippen LogP contribution in [0.2, 0.25) is 0 Å². The average molecular weight is 386 g/mol. The van der Waals surface area contributed by atoms with E-state index in [1.54, 1.807) is 7.05 Å². The van der Waals surface area contributed by atoms with Crippen LogP contribution in [0.15, 0.2) is 21.0 Å². The zero-order valence-corrected chi connectivity index (χ0v) is 16.9. The van der Waals surface area contributed by atoms with Crippen LogP contribution >= 0.6 is 0 Å². The summed E-state index contributed by atoms with van der Waals surface area (Å²) in [6.07, 6.45) is 4.62. The Morgan fingerprint density at radius 1 is 1.29 bits per heavy atom. The van der Waals surface area contributed by atoms with Gasteiger partial charge in [0.2, 0.25) is 0 Å². The van der Waals surface area contributed by atoms with Gasteiger partial charge < -0.3 is 4.57 Å². The van der Waals surface area contributed by atoms with Gasteiger partial charge in [0.15, 0.2) is 11.2 Å². The second-order valence-corrected chi connectivity index (χ2v) is 8.84. The van der Waals surface area contributed by atoms with Crippen molar-refractivity contribution in [3.05, 3.63) is 27.2 Å². The lowest BCUT2D eigenvalue weighted by molar-refractivity contribution is -0.121. The molecule has 0 radical (unpaired) electrons. The molecule has 0 spiro atoms. The van der Waals surface area contributed by atoms with Gasteiger partial charge in [-0.15, -0.1) is 0 Å². The molecule has 9 nitrogen and oxygen atoms in total. The van der Waals surface area contributed by atoms with Crippen LogP contribution in [0.25, 0.3) is 11.2 Å². The lowest BCUT2D eigenvalue weighted by Crippen LogP contribution is -2.38. The quantitative estimate of drug-likeness (QED) is 0.786. The highest BCUT2D eigenvalue weighted by Gasteiger charge is 2.60. The fourth-order valence-corrected chi connectivity index (χ4v) is 4.93. The van der Waals surface area contributed by atoms with Crippen LogP contribution in [0.3, 0.4) is 0 Å². The smallest absolute Gasteiger partial charge is 0.315 e. The standard InChI is InChI=1S/C19H26N6O3/c1-18(2)11-6-7-19(18,3)12(8-11)21-22-13(26)9-25-10-20-15-14(25)16(27)24(5)17(28)23(15)4/h10-11H,6-9H2,1-5H3,(H,22,26). The molecule has 2 unspecified atom stereocenters. The van der Waals surface area contributed by atoms with Gasteiger partial charge in [0, 0.05) is 25.2 Å². The van der Waals surface area contributed by atoms with E-state index in [9.17, 15) is 14.4 Å². The molecule has 9 heteroatoms. The van der Waals surface area contributed by atoms with Crippen molar-refractivity contribution in [2.45, 2.75) is 46.6 Å². The second kappa shape index (κ2) is 5.89. The highest BCUT2D eigenvalue weighted by Crippen LogP contribution is 2.63. The van der Waals surface area contributed by atoms with E-state index in [1.165, 1.54) is 28.9 Å². The van der Waals surface area contributed by atoms with Crippen molar-refractivity contribution in [1.82, 2.24) is 24.1 Å². The predicted octanol–water partition coefficient (Wildman–Crippen LogP) is 0.752. The van der Waals surface area contributed by atoms with Crippen molar-refractivity contribution in [2.24, 2.45) is 35.9 Å². The number of hydrogen-bond acceptors (Lipinski definition) is 5. The van der Waals surface area contributed by atoms with Gasteiger partial charge in [0.1, 0.15) is 6.54 Å². The van der Waals surface area contributed by atoms with Crippen LogP contribution in [0, 0.1) is 16.7 Å². The van der Waals surface area contributed by atoms with Crippen LogP contribution in [-0.2, 0) is 25.4 Å². The maximum Gasteiger partial charge on any atom is 0.332 e. The number of amides is 1. The van der Waals surface area contributed by atoms with Gasteiger partial charge in [0.05, 0.1) is 6.33 Å². The number of hydrazone groups is 1. The molecule has 2 fully saturated rings. The lowest BCUT2D eigenvalue weighted by atomic mass is 9.70. The monoisotopic (exact) mass is 386 g/mol. The summed E-state index contributed by atoms with van der Waals surface area (Å²) in [7, 11) is 2.95. The van der Waals surface area contributed by atoms with Crippen molar-refractivity contribution in [2.75, 3.05) is 0 Å². The number of fused-ring (bicyclic) bond motifs is 3. The Kier molecular flexibility index (Phi) is 3.92. The molecular formula is C19H26N6O3. The fourth-order valence-electron chi connectivity index (χ4n) is 4.93. The van der Waals surface area contributed by atoms with Crippen molar-refractivity contribution in [3.8, 4) is 0 Å². The number of aryl methyl sites for hydroxylation is 1. The zero-order valence-electron chi connectivity index (χ0n) is 16.9. The maximum atomic E-state index is 12.5. The number of imidazole rings is 1. The summed E-state index contributed by atoms with van der Waals surface area (Å²) in [6, 6.07) is 0. The molecule has 0 saturated heterocycles. The normalized spacial score (nSPS) is 27.0. The van der Waals surface area contributed by atoms with Crippen LogP contribution < -0.4 is 16.7 Å². The molecular weight excluding hydrogens is 360 g/mol. The van der Waals surface area contributed by atoms with Gasteiger partial charge in [0.25, 0.3) is 11.5 Å². The van der Waals surface area contributed by atoms with E-state index in [2.05, 4.69) is 36.3 Å². The molecule has 2 aliphatic carbocycles. The summed E-state index contributed by atoms with van der Waals surface area (Å²) >= 11 is 0. The molecule has 2 atom stereocenters. The number of aromatic nitrogens is 4. The van der Waals surface area contributed by atoms with Gasteiger partial charge in [-0.2, -0.15) is 5.10 Å². The molecule has 0 aromatic carbocycles. The first kappa shape index (κ1) is 18.6. The third kappa shape index (κ3) is 2.34. The third-order valence-corrected chi connectivity index (χ3v) is 7.36. The van der Waals surface area contributed by atoms with Gasteiger partial charge in [-0.3, -0.25) is 18.7 Å². The first-order chi connectivity index (χ1) is 13.1. The Morgan fingerprint density at radius 2 is 2.00 bits per heavy atom. The van der Waals surface area contributed by atoms with Crippen LogP contribution in [0.1, 0.15) is 40.0 Å². The van der Waals surface area contributed by atoms with Crippen LogP contribution in [0.5, 0.6) is 0 Å². The van der Waals surface area contributed by atoms with E-state index in [-0.39, 0.29) is 34.4 Å². The fraction of sp³-hybridized carbons (Fsp3) is 0.632. The predicted molar refractivity (Wildman–Crippen MR) is 105 cm³/mol. The average Bonchev–Trinajstić information content (AvgIpc) is 3.22. The lowest BCUT2D eigenvalue weighted by Gasteiger charge is -2.34. The Hall–Kier alpha value is -2.71. The third-order valence-electron chi connectivity index (χ3n) is 7.36. The number of carbonyl (C=O) groups excluding carboxylic acids is 1. The van der Waals surface area contributed by atoms with Gasteiger partial charge >= 0.3 is 5.69 Å². The van der Waals surface area contributed by atoms with Crippen molar-refractivity contribution in [3.63, 3.8) is 0 Å². The Labute approximate surface area is 162 Å². The molecule has 2 bridgehead atoms. The molecule has 0 aliphatic heterocycles. The molecule has 2 aromatic heterocycles. The molecule has 4 rings (SSSR count). The minimum atomic E-state index is -0.475. The van der Waals surface area contributed by atoms with E-state index in [4.69, 9.17) is 0 Å². The van der Waals surface area contributed by atoms with Crippen molar-refractivity contribution < 1.29 is 4.79 Å². The minimum absolute atomic E-state index is 0.0148. The molecule has 150 valence electrons. The van der Waals surface area contributed by atoms with E-state index in [0.29, 0.717) is 5.92 Å². The molecule has 2 saturated carbocycles. The summed E-state index contributed by atoms with van der Waals surface area (Å²) in [5.41, 5.74) is 3.47. The number of nitrogens with zero attached hydrogens (tertiary/aromatic N) is 5. The van der Waals surface area contributed by atoms with E-state index in [1.807, 2.05) is 0 Å². The Morgan fingerprint density at radius 3 is 2.61 bits per heavy atom. The largest absolute Gasteiger partial charge is 0.332 e. The molecule has 2 heterocycles.